The van der Waals surface area contributed by atoms with Crippen molar-refractivity contribution < 1.29 is 8.42 Å². The molecule has 1 heterocycles. The van der Waals surface area contributed by atoms with E-state index in [1.54, 1.807) is 18.3 Å². The number of fused-ring (bicyclic) bond motifs is 1. The standard InChI is InChI=1S/C27H27IN2O2S/c1-21-12-14-25(15-13-21)33(31,32)30(17-16-22-8-4-3-5-9-22)20-24(28)18-23-19-29(2)27-11-7-6-10-26(23)27/h3-15,19-20H,16-18H2,1-2H3/b24-20-. The molecule has 0 aliphatic rings. The van der Waals surface area contributed by atoms with Crippen LogP contribution in [0.25, 0.3) is 10.9 Å². The van der Waals surface area contributed by atoms with Crippen molar-refractivity contribution in [2.24, 2.45) is 7.05 Å². The first kappa shape index (κ1) is 23.6. The smallest absolute Gasteiger partial charge is 0.263 e. The van der Waals surface area contributed by atoms with Crippen LogP contribution >= 0.6 is 22.6 Å². The van der Waals surface area contributed by atoms with E-state index in [2.05, 4.69) is 45.5 Å². The molecule has 0 bridgehead atoms. The molecule has 0 aliphatic heterocycles. The molecule has 3 aromatic carbocycles. The average molecular weight is 570 g/mol. The maximum absolute atomic E-state index is 13.5. The van der Waals surface area contributed by atoms with Gasteiger partial charge in [0.25, 0.3) is 10.0 Å². The van der Waals surface area contributed by atoms with E-state index >= 15 is 0 Å². The van der Waals surface area contributed by atoms with E-state index in [9.17, 15) is 8.42 Å². The van der Waals surface area contributed by atoms with Gasteiger partial charge < -0.3 is 4.57 Å². The van der Waals surface area contributed by atoms with Crippen molar-refractivity contribution >= 4 is 43.5 Å². The van der Waals surface area contributed by atoms with E-state index in [4.69, 9.17) is 0 Å². The molecule has 0 amide bonds. The summed E-state index contributed by atoms with van der Waals surface area (Å²) in [6.07, 6.45) is 5.23. The van der Waals surface area contributed by atoms with Crippen LogP contribution in [0, 0.1) is 6.92 Å². The van der Waals surface area contributed by atoms with E-state index in [0.29, 0.717) is 24.3 Å². The normalized spacial score (nSPS) is 12.3. The average Bonchev–Trinajstić information content (AvgIpc) is 3.12. The lowest BCUT2D eigenvalue weighted by atomic mass is 10.1. The molecule has 4 nitrogen and oxygen atoms in total. The second kappa shape index (κ2) is 10.1. The highest BCUT2D eigenvalue weighted by atomic mass is 127. The van der Waals surface area contributed by atoms with E-state index in [-0.39, 0.29) is 0 Å². The molecule has 0 fully saturated rings. The number of benzene rings is 3. The molecular formula is C27H27IN2O2S. The summed E-state index contributed by atoms with van der Waals surface area (Å²) in [5.74, 6) is 0. The summed E-state index contributed by atoms with van der Waals surface area (Å²) >= 11 is 2.27. The van der Waals surface area contributed by atoms with Crippen LogP contribution in [-0.4, -0.2) is 23.8 Å². The Hall–Kier alpha value is -2.58. The van der Waals surface area contributed by atoms with Gasteiger partial charge in [0, 0.05) is 46.9 Å². The summed E-state index contributed by atoms with van der Waals surface area (Å²) in [7, 11) is -1.63. The van der Waals surface area contributed by atoms with Gasteiger partial charge in [0.05, 0.1) is 4.90 Å². The molecule has 4 aromatic rings. The molecule has 0 N–H and O–H groups in total. The second-order valence-electron chi connectivity index (χ2n) is 8.20. The Morgan fingerprint density at radius 2 is 1.64 bits per heavy atom. The Bertz CT molecular complexity index is 1370. The molecule has 0 atom stereocenters. The minimum Gasteiger partial charge on any atom is -0.350 e. The van der Waals surface area contributed by atoms with Gasteiger partial charge in [-0.15, -0.1) is 0 Å². The number of hydrogen-bond donors (Lipinski definition) is 0. The van der Waals surface area contributed by atoms with Crippen molar-refractivity contribution in [2.45, 2.75) is 24.7 Å². The van der Waals surface area contributed by atoms with Crippen LogP contribution in [0.3, 0.4) is 0 Å². The third-order valence-electron chi connectivity index (χ3n) is 5.71. The summed E-state index contributed by atoms with van der Waals surface area (Å²) in [4.78, 5) is 0.312. The quantitative estimate of drug-likeness (QED) is 0.236. The number of rotatable bonds is 8. The van der Waals surface area contributed by atoms with Gasteiger partial charge >= 0.3 is 0 Å². The van der Waals surface area contributed by atoms with Gasteiger partial charge in [-0.3, -0.25) is 4.31 Å². The number of halogens is 1. The molecule has 0 saturated heterocycles. The highest BCUT2D eigenvalue weighted by Gasteiger charge is 2.22. The zero-order chi connectivity index (χ0) is 23.4. The van der Waals surface area contributed by atoms with Crippen LogP contribution in [-0.2, 0) is 29.9 Å². The predicted octanol–water partition coefficient (Wildman–Crippen LogP) is 6.24. The number of aryl methyl sites for hydroxylation is 2. The molecule has 33 heavy (non-hydrogen) atoms. The summed E-state index contributed by atoms with van der Waals surface area (Å²) in [6.45, 7) is 2.33. The molecular weight excluding hydrogens is 543 g/mol. The van der Waals surface area contributed by atoms with Crippen molar-refractivity contribution in [3.05, 3.63) is 112 Å². The number of aromatic nitrogens is 1. The maximum atomic E-state index is 13.5. The van der Waals surface area contributed by atoms with Crippen LogP contribution < -0.4 is 0 Å². The van der Waals surface area contributed by atoms with Gasteiger partial charge in [0.2, 0.25) is 0 Å². The van der Waals surface area contributed by atoms with E-state index in [0.717, 1.165) is 14.7 Å². The molecule has 0 saturated carbocycles. The van der Waals surface area contributed by atoms with Gasteiger partial charge in [0.15, 0.2) is 0 Å². The van der Waals surface area contributed by atoms with Crippen LogP contribution in [0.1, 0.15) is 16.7 Å². The van der Waals surface area contributed by atoms with E-state index in [1.165, 1.54) is 20.8 Å². The highest BCUT2D eigenvalue weighted by molar-refractivity contribution is 14.1. The first-order valence-corrected chi connectivity index (χ1v) is 13.4. The fourth-order valence-electron chi connectivity index (χ4n) is 3.93. The van der Waals surface area contributed by atoms with Crippen molar-refractivity contribution in [1.82, 2.24) is 8.87 Å². The van der Waals surface area contributed by atoms with Crippen molar-refractivity contribution in [3.8, 4) is 0 Å². The molecule has 6 heteroatoms. The minimum absolute atomic E-state index is 0.312. The SMILES string of the molecule is Cc1ccc(S(=O)(=O)N(/C=C(\I)Cc2cn(C)c3ccccc23)CCc2ccccc2)cc1. The minimum atomic E-state index is -3.67. The maximum Gasteiger partial charge on any atom is 0.263 e. The molecule has 0 radical (unpaired) electrons. The van der Waals surface area contributed by atoms with Gasteiger partial charge in [-0.05, 0) is 65.3 Å². The molecule has 170 valence electrons. The van der Waals surface area contributed by atoms with Crippen molar-refractivity contribution in [3.63, 3.8) is 0 Å². The zero-order valence-electron chi connectivity index (χ0n) is 18.8. The number of para-hydroxylation sites is 1. The van der Waals surface area contributed by atoms with Crippen LogP contribution in [0.4, 0.5) is 0 Å². The van der Waals surface area contributed by atoms with Gasteiger partial charge in [-0.2, -0.15) is 0 Å². The predicted molar refractivity (Wildman–Crippen MR) is 144 cm³/mol. The fraction of sp³-hybridized carbons (Fsp3) is 0.185. The lowest BCUT2D eigenvalue weighted by molar-refractivity contribution is 0.498. The summed E-state index contributed by atoms with van der Waals surface area (Å²) < 4.78 is 31.7. The third kappa shape index (κ3) is 5.50. The zero-order valence-corrected chi connectivity index (χ0v) is 21.8. The number of hydrogen-bond acceptors (Lipinski definition) is 2. The molecule has 0 unspecified atom stereocenters. The van der Waals surface area contributed by atoms with Gasteiger partial charge in [-0.1, -0.05) is 66.2 Å². The van der Waals surface area contributed by atoms with E-state index < -0.39 is 10.0 Å². The van der Waals surface area contributed by atoms with Crippen LogP contribution in [0.2, 0.25) is 0 Å². The highest BCUT2D eigenvalue weighted by Crippen LogP contribution is 2.26. The van der Waals surface area contributed by atoms with Gasteiger partial charge in [0.1, 0.15) is 0 Å². The van der Waals surface area contributed by atoms with Crippen LogP contribution in [0.5, 0.6) is 0 Å². The third-order valence-corrected chi connectivity index (χ3v) is 8.15. The summed E-state index contributed by atoms with van der Waals surface area (Å²) in [6, 6.07) is 25.3. The Morgan fingerprint density at radius 1 is 0.970 bits per heavy atom. The van der Waals surface area contributed by atoms with E-state index in [1.807, 2.05) is 68.6 Å². The topological polar surface area (TPSA) is 42.3 Å². The second-order valence-corrected chi connectivity index (χ2v) is 11.5. The Kier molecular flexibility index (Phi) is 7.24. The number of nitrogens with zero attached hydrogens (tertiary/aromatic N) is 2. The molecule has 0 aliphatic carbocycles. The molecule has 0 spiro atoms. The van der Waals surface area contributed by atoms with Crippen molar-refractivity contribution in [1.29, 1.82) is 0 Å². The summed E-state index contributed by atoms with van der Waals surface area (Å²) in [5.41, 5.74) is 4.50. The largest absolute Gasteiger partial charge is 0.350 e. The Balaban J connectivity index is 1.65. The first-order valence-electron chi connectivity index (χ1n) is 10.9. The molecule has 1 aromatic heterocycles. The number of allylic oxidation sites excluding steroid dienone is 1. The fourth-order valence-corrected chi connectivity index (χ4v) is 6.22. The monoisotopic (exact) mass is 570 g/mol. The lowest BCUT2D eigenvalue weighted by Gasteiger charge is -2.22. The van der Waals surface area contributed by atoms with Gasteiger partial charge in [-0.25, -0.2) is 8.42 Å². The Labute approximate surface area is 209 Å². The number of sulfonamides is 1. The molecule has 4 rings (SSSR count). The van der Waals surface area contributed by atoms with Crippen LogP contribution in [0.15, 0.2) is 99.7 Å². The first-order chi connectivity index (χ1) is 15.8. The van der Waals surface area contributed by atoms with Crippen molar-refractivity contribution in [2.75, 3.05) is 6.54 Å². The summed E-state index contributed by atoms with van der Waals surface area (Å²) in [5, 5.41) is 1.19. The lowest BCUT2D eigenvalue weighted by Crippen LogP contribution is -2.28. The Morgan fingerprint density at radius 3 is 2.36 bits per heavy atom.